The molecule has 36 heavy (non-hydrogen) atoms. The minimum Gasteiger partial charge on any atom is -0.469 e. The van der Waals surface area contributed by atoms with Gasteiger partial charge in [0.05, 0.1) is 26.2 Å². The zero-order chi connectivity index (χ0) is 26.0. The molecular formula is C29H42N4O3. The molecule has 0 amide bonds. The van der Waals surface area contributed by atoms with Crippen molar-refractivity contribution in [1.82, 2.24) is 4.90 Å². The summed E-state index contributed by atoms with van der Waals surface area (Å²) in [6.07, 6.45) is 6.09. The van der Waals surface area contributed by atoms with E-state index in [1.165, 1.54) is 12.7 Å². The van der Waals surface area contributed by atoms with Crippen LogP contribution in [0.15, 0.2) is 65.8 Å². The van der Waals surface area contributed by atoms with Gasteiger partial charge < -0.3 is 9.47 Å². The average molecular weight is 495 g/mol. The lowest BCUT2D eigenvalue weighted by Gasteiger charge is -2.38. The summed E-state index contributed by atoms with van der Waals surface area (Å²) in [6.45, 7) is 6.05. The third-order valence-corrected chi connectivity index (χ3v) is 6.61. The van der Waals surface area contributed by atoms with Crippen molar-refractivity contribution >= 4 is 5.97 Å². The Balaban J connectivity index is 2.27. The molecule has 2 aromatic rings. The molecule has 0 fully saturated rings. The number of nitrogens with zero attached hydrogens (tertiary/aromatic N) is 4. The normalized spacial score (nSPS) is 13.6. The molecule has 0 bridgehead atoms. The Kier molecular flexibility index (Phi) is 14.3. The summed E-state index contributed by atoms with van der Waals surface area (Å²) < 4.78 is 11.5. The summed E-state index contributed by atoms with van der Waals surface area (Å²) in [4.78, 5) is 17.8. The zero-order valence-electron chi connectivity index (χ0n) is 22.1. The van der Waals surface area contributed by atoms with Gasteiger partial charge in [0, 0.05) is 23.5 Å². The Labute approximate surface area is 216 Å². The van der Waals surface area contributed by atoms with Crippen LogP contribution in [0.25, 0.3) is 10.4 Å². The van der Waals surface area contributed by atoms with Crippen LogP contribution in [0.1, 0.15) is 76.0 Å². The maximum absolute atomic E-state index is 12.5. The Hall–Kier alpha value is -2.86. The van der Waals surface area contributed by atoms with Crippen molar-refractivity contribution in [1.29, 1.82) is 0 Å². The van der Waals surface area contributed by atoms with Gasteiger partial charge in [-0.25, -0.2) is 0 Å². The van der Waals surface area contributed by atoms with Crippen molar-refractivity contribution in [3.8, 4) is 0 Å². The SMILES string of the molecule is CCCCC[C@@H](C[C@H](CC(=O)OC)N(CCCN=[N+]=[N-])[C@H](C)c1ccccc1)OCc1ccccc1. The van der Waals surface area contributed by atoms with E-state index >= 15 is 0 Å². The predicted octanol–water partition coefficient (Wildman–Crippen LogP) is 7.24. The first-order chi connectivity index (χ1) is 17.6. The monoisotopic (exact) mass is 494 g/mol. The summed E-state index contributed by atoms with van der Waals surface area (Å²) in [7, 11) is 1.44. The van der Waals surface area contributed by atoms with Gasteiger partial charge in [-0.15, -0.1) is 0 Å². The van der Waals surface area contributed by atoms with Crippen molar-refractivity contribution in [2.24, 2.45) is 5.11 Å². The molecule has 0 aliphatic carbocycles. The summed E-state index contributed by atoms with van der Waals surface area (Å²) in [5.41, 5.74) is 11.0. The van der Waals surface area contributed by atoms with Crippen LogP contribution in [0.3, 0.4) is 0 Å². The third-order valence-electron chi connectivity index (χ3n) is 6.61. The summed E-state index contributed by atoms with van der Waals surface area (Å²) in [5, 5.41) is 3.72. The molecule has 0 aliphatic heterocycles. The van der Waals surface area contributed by atoms with Crippen LogP contribution in [0, 0.1) is 0 Å². The van der Waals surface area contributed by atoms with Gasteiger partial charge in [-0.1, -0.05) is 92.0 Å². The molecule has 0 N–H and O–H groups in total. The fourth-order valence-electron chi connectivity index (χ4n) is 4.58. The quantitative estimate of drug-likeness (QED) is 0.0718. The first-order valence-electron chi connectivity index (χ1n) is 13.1. The van der Waals surface area contributed by atoms with E-state index in [9.17, 15) is 4.79 Å². The van der Waals surface area contributed by atoms with Gasteiger partial charge in [0.25, 0.3) is 0 Å². The molecule has 0 spiro atoms. The van der Waals surface area contributed by atoms with Crippen molar-refractivity contribution in [2.75, 3.05) is 20.2 Å². The number of carbonyl (C=O) groups excluding carboxylic acids is 1. The highest BCUT2D eigenvalue weighted by Crippen LogP contribution is 2.28. The molecule has 0 unspecified atom stereocenters. The van der Waals surface area contributed by atoms with Crippen LogP contribution in [0.5, 0.6) is 0 Å². The van der Waals surface area contributed by atoms with Crippen molar-refractivity contribution in [3.63, 3.8) is 0 Å². The molecule has 0 heterocycles. The number of unbranched alkanes of at least 4 members (excludes halogenated alkanes) is 2. The fraction of sp³-hybridized carbons (Fsp3) is 0.552. The van der Waals surface area contributed by atoms with Crippen molar-refractivity contribution < 1.29 is 14.3 Å². The van der Waals surface area contributed by atoms with Crippen LogP contribution in [-0.4, -0.2) is 43.2 Å². The Morgan fingerprint density at radius 3 is 2.39 bits per heavy atom. The topological polar surface area (TPSA) is 87.5 Å². The number of esters is 1. The number of ether oxygens (including phenoxy) is 2. The molecule has 3 atom stereocenters. The van der Waals surface area contributed by atoms with Gasteiger partial charge in [0.1, 0.15) is 0 Å². The van der Waals surface area contributed by atoms with Crippen LogP contribution in [0.2, 0.25) is 0 Å². The van der Waals surface area contributed by atoms with Gasteiger partial charge in [0.15, 0.2) is 0 Å². The molecule has 7 nitrogen and oxygen atoms in total. The number of methoxy groups -OCH3 is 1. The van der Waals surface area contributed by atoms with E-state index in [-0.39, 0.29) is 30.6 Å². The second kappa shape index (κ2) is 17.6. The maximum Gasteiger partial charge on any atom is 0.307 e. The molecular weight excluding hydrogens is 452 g/mol. The lowest BCUT2D eigenvalue weighted by atomic mass is 9.96. The Morgan fingerprint density at radius 1 is 1.06 bits per heavy atom. The van der Waals surface area contributed by atoms with E-state index in [0.717, 1.165) is 37.7 Å². The second-order valence-electron chi connectivity index (χ2n) is 9.22. The first kappa shape index (κ1) is 29.4. The molecule has 0 aromatic heterocycles. The highest BCUT2D eigenvalue weighted by molar-refractivity contribution is 5.69. The second-order valence-corrected chi connectivity index (χ2v) is 9.22. The summed E-state index contributed by atoms with van der Waals surface area (Å²) in [6, 6.07) is 20.5. The number of azide groups is 1. The standard InChI is InChI=1S/C29H42N4O3/c1-4-5-8-18-28(36-23-25-14-9-6-10-15-25)21-27(22-29(34)35-3)33(20-13-19-31-32-30)24(2)26-16-11-7-12-17-26/h6-7,9-12,14-17,24,27-28H,4-5,8,13,18-23H2,1-3H3/t24-,27-,28+/m1/s1. The van der Waals surface area contributed by atoms with E-state index in [4.69, 9.17) is 15.0 Å². The van der Waals surface area contributed by atoms with Gasteiger partial charge in [-0.3, -0.25) is 9.69 Å². The molecule has 196 valence electrons. The fourth-order valence-corrected chi connectivity index (χ4v) is 4.58. The lowest BCUT2D eigenvalue weighted by Crippen LogP contribution is -2.42. The van der Waals surface area contributed by atoms with Crippen molar-refractivity contribution in [3.05, 3.63) is 82.2 Å². The number of hydrogen-bond donors (Lipinski definition) is 0. The Bertz CT molecular complexity index is 903. The minimum atomic E-state index is -0.226. The summed E-state index contributed by atoms with van der Waals surface area (Å²) in [5.74, 6) is -0.226. The van der Waals surface area contributed by atoms with Gasteiger partial charge >= 0.3 is 5.97 Å². The first-order valence-corrected chi connectivity index (χ1v) is 13.1. The molecule has 2 aromatic carbocycles. The smallest absolute Gasteiger partial charge is 0.307 e. The minimum absolute atomic E-state index is 0.0222. The predicted molar refractivity (Wildman–Crippen MR) is 144 cm³/mol. The third kappa shape index (κ3) is 10.8. The van der Waals surface area contributed by atoms with Gasteiger partial charge in [0.2, 0.25) is 0 Å². The van der Waals surface area contributed by atoms with Gasteiger partial charge in [-0.05, 0) is 49.4 Å². The number of rotatable bonds is 18. The molecule has 0 aliphatic rings. The molecule has 2 rings (SSSR count). The van der Waals surface area contributed by atoms with E-state index in [1.54, 1.807) is 0 Å². The molecule has 0 radical (unpaired) electrons. The zero-order valence-corrected chi connectivity index (χ0v) is 22.1. The summed E-state index contributed by atoms with van der Waals surface area (Å²) >= 11 is 0. The molecule has 0 saturated heterocycles. The molecule has 7 heteroatoms. The van der Waals surface area contributed by atoms with E-state index in [2.05, 4.69) is 53.0 Å². The average Bonchev–Trinajstić information content (AvgIpc) is 2.92. The van der Waals surface area contributed by atoms with Crippen LogP contribution >= 0.6 is 0 Å². The number of hydrogen-bond acceptors (Lipinski definition) is 5. The lowest BCUT2D eigenvalue weighted by molar-refractivity contribution is -0.142. The van der Waals surface area contributed by atoms with Crippen LogP contribution in [0.4, 0.5) is 0 Å². The van der Waals surface area contributed by atoms with Crippen LogP contribution < -0.4 is 0 Å². The van der Waals surface area contributed by atoms with E-state index < -0.39 is 0 Å². The van der Waals surface area contributed by atoms with Gasteiger partial charge in [-0.2, -0.15) is 0 Å². The highest BCUT2D eigenvalue weighted by atomic mass is 16.5. The Morgan fingerprint density at radius 2 is 1.75 bits per heavy atom. The largest absolute Gasteiger partial charge is 0.469 e. The number of carbonyl (C=O) groups is 1. The maximum atomic E-state index is 12.5. The van der Waals surface area contributed by atoms with Crippen LogP contribution in [-0.2, 0) is 20.9 Å². The van der Waals surface area contributed by atoms with E-state index in [1.807, 2.05) is 36.4 Å². The highest BCUT2D eigenvalue weighted by Gasteiger charge is 2.29. The van der Waals surface area contributed by atoms with E-state index in [0.29, 0.717) is 26.1 Å². The van der Waals surface area contributed by atoms with Crippen molar-refractivity contribution in [2.45, 2.75) is 83.6 Å². The number of benzene rings is 2. The molecule has 0 saturated carbocycles.